The lowest BCUT2D eigenvalue weighted by molar-refractivity contribution is 0.628. The molecular weight excluding hydrogens is 241 g/mol. The molecule has 0 saturated heterocycles. The van der Waals surface area contributed by atoms with E-state index in [1.807, 2.05) is 30.5 Å². The summed E-state index contributed by atoms with van der Waals surface area (Å²) in [4.78, 5) is 0. The molecule has 0 bridgehead atoms. The molecule has 3 nitrogen and oxygen atoms in total. The Hall–Kier alpha value is -2.62. The van der Waals surface area contributed by atoms with Crippen LogP contribution in [0.3, 0.4) is 0 Å². The Morgan fingerprint density at radius 3 is 2.53 bits per heavy atom. The summed E-state index contributed by atoms with van der Waals surface area (Å²) in [5.74, 6) is -0.244. The highest BCUT2D eigenvalue weighted by atomic mass is 19.1. The van der Waals surface area contributed by atoms with E-state index in [9.17, 15) is 4.39 Å². The smallest absolute Gasteiger partial charge is 0.123 e. The summed E-state index contributed by atoms with van der Waals surface area (Å²) in [6.45, 7) is 0. The van der Waals surface area contributed by atoms with Crippen LogP contribution in [0.25, 0.3) is 16.8 Å². The molecule has 0 fully saturated rings. The minimum absolute atomic E-state index is 0.244. The van der Waals surface area contributed by atoms with Gasteiger partial charge in [-0.2, -0.15) is 5.10 Å². The van der Waals surface area contributed by atoms with Crippen molar-refractivity contribution in [2.45, 2.75) is 0 Å². The van der Waals surface area contributed by atoms with Crippen LogP contribution in [0.4, 0.5) is 10.1 Å². The average Bonchev–Trinajstić information content (AvgIpc) is 2.89. The highest BCUT2D eigenvalue weighted by molar-refractivity contribution is 5.62. The van der Waals surface area contributed by atoms with Crippen LogP contribution >= 0.6 is 0 Å². The summed E-state index contributed by atoms with van der Waals surface area (Å²) in [7, 11) is 0. The molecule has 0 aliphatic carbocycles. The summed E-state index contributed by atoms with van der Waals surface area (Å²) < 4.78 is 14.6. The molecule has 0 unspecified atom stereocenters. The van der Waals surface area contributed by atoms with Gasteiger partial charge in [-0.1, -0.05) is 18.2 Å². The molecular formula is C15H12FN3. The van der Waals surface area contributed by atoms with Gasteiger partial charge < -0.3 is 5.73 Å². The van der Waals surface area contributed by atoms with Crippen LogP contribution in [0.5, 0.6) is 0 Å². The first-order valence-corrected chi connectivity index (χ1v) is 5.89. The predicted octanol–water partition coefficient (Wildman–Crippen LogP) is 3.26. The molecule has 0 spiro atoms. The largest absolute Gasteiger partial charge is 0.399 e. The highest BCUT2D eigenvalue weighted by Gasteiger charge is 2.03. The number of benzene rings is 2. The van der Waals surface area contributed by atoms with Crippen LogP contribution in [-0.4, -0.2) is 9.78 Å². The Balaban J connectivity index is 1.97. The topological polar surface area (TPSA) is 43.8 Å². The number of anilines is 1. The van der Waals surface area contributed by atoms with Crippen molar-refractivity contribution in [1.29, 1.82) is 0 Å². The van der Waals surface area contributed by atoms with Gasteiger partial charge in [0.25, 0.3) is 0 Å². The van der Waals surface area contributed by atoms with Gasteiger partial charge in [-0.05, 0) is 35.9 Å². The minimum atomic E-state index is -0.244. The van der Waals surface area contributed by atoms with Gasteiger partial charge >= 0.3 is 0 Å². The fourth-order valence-electron chi connectivity index (χ4n) is 1.92. The fraction of sp³-hybridized carbons (Fsp3) is 0. The van der Waals surface area contributed by atoms with Crippen LogP contribution in [0.2, 0.25) is 0 Å². The molecule has 2 aromatic carbocycles. The molecule has 0 saturated carbocycles. The highest BCUT2D eigenvalue weighted by Crippen LogP contribution is 2.21. The first kappa shape index (κ1) is 11.5. The molecule has 0 amide bonds. The molecule has 94 valence electrons. The molecule has 0 atom stereocenters. The number of hydrogen-bond donors (Lipinski definition) is 1. The normalized spacial score (nSPS) is 10.6. The van der Waals surface area contributed by atoms with Gasteiger partial charge in [0.15, 0.2) is 0 Å². The van der Waals surface area contributed by atoms with Crippen LogP contribution in [-0.2, 0) is 0 Å². The molecule has 3 rings (SSSR count). The van der Waals surface area contributed by atoms with Gasteiger partial charge in [-0.25, -0.2) is 9.07 Å². The second kappa shape index (κ2) is 4.57. The van der Waals surface area contributed by atoms with Gasteiger partial charge in [0.1, 0.15) is 5.82 Å². The summed E-state index contributed by atoms with van der Waals surface area (Å²) in [6, 6.07) is 13.8. The zero-order valence-electron chi connectivity index (χ0n) is 10.1. The number of rotatable bonds is 2. The second-order valence-corrected chi connectivity index (χ2v) is 4.28. The van der Waals surface area contributed by atoms with E-state index < -0.39 is 0 Å². The van der Waals surface area contributed by atoms with E-state index in [-0.39, 0.29) is 5.82 Å². The maximum Gasteiger partial charge on any atom is 0.123 e. The van der Waals surface area contributed by atoms with Crippen molar-refractivity contribution in [1.82, 2.24) is 9.78 Å². The monoisotopic (exact) mass is 253 g/mol. The van der Waals surface area contributed by atoms with Crippen molar-refractivity contribution in [3.63, 3.8) is 0 Å². The Morgan fingerprint density at radius 2 is 1.79 bits per heavy atom. The lowest BCUT2D eigenvalue weighted by Gasteiger charge is -2.01. The Bertz CT molecular complexity index is 701. The minimum Gasteiger partial charge on any atom is -0.399 e. The van der Waals surface area contributed by atoms with Gasteiger partial charge in [-0.15, -0.1) is 0 Å². The maximum absolute atomic E-state index is 12.9. The van der Waals surface area contributed by atoms with Gasteiger partial charge in [0, 0.05) is 17.4 Å². The van der Waals surface area contributed by atoms with Crippen molar-refractivity contribution in [3.05, 3.63) is 66.7 Å². The zero-order valence-corrected chi connectivity index (χ0v) is 10.1. The third-order valence-electron chi connectivity index (χ3n) is 2.89. The van der Waals surface area contributed by atoms with E-state index in [1.165, 1.54) is 12.1 Å². The van der Waals surface area contributed by atoms with Crippen molar-refractivity contribution < 1.29 is 4.39 Å². The molecule has 2 N–H and O–H groups in total. The van der Waals surface area contributed by atoms with Gasteiger partial charge in [0.05, 0.1) is 11.9 Å². The van der Waals surface area contributed by atoms with Crippen LogP contribution < -0.4 is 5.73 Å². The van der Waals surface area contributed by atoms with Gasteiger partial charge in [-0.3, -0.25) is 0 Å². The molecule has 3 aromatic rings. The number of aromatic nitrogens is 2. The third kappa shape index (κ3) is 2.33. The number of halogens is 1. The predicted molar refractivity (Wildman–Crippen MR) is 73.4 cm³/mol. The van der Waals surface area contributed by atoms with E-state index in [0.717, 1.165) is 16.8 Å². The fourth-order valence-corrected chi connectivity index (χ4v) is 1.92. The molecule has 1 heterocycles. The Morgan fingerprint density at radius 1 is 1.00 bits per heavy atom. The summed E-state index contributed by atoms with van der Waals surface area (Å²) in [6.07, 6.45) is 3.64. The van der Waals surface area contributed by atoms with Crippen LogP contribution in [0, 0.1) is 5.82 Å². The summed E-state index contributed by atoms with van der Waals surface area (Å²) in [5, 5.41) is 4.29. The van der Waals surface area contributed by atoms with E-state index >= 15 is 0 Å². The number of nitrogens with zero attached hydrogens (tertiary/aromatic N) is 2. The van der Waals surface area contributed by atoms with Crippen LogP contribution in [0.15, 0.2) is 60.9 Å². The zero-order chi connectivity index (χ0) is 13.2. The van der Waals surface area contributed by atoms with E-state index in [4.69, 9.17) is 5.73 Å². The first-order chi connectivity index (χ1) is 9.22. The third-order valence-corrected chi connectivity index (χ3v) is 2.89. The standard InChI is InChI=1S/C15H12FN3/c16-13-6-4-11(5-7-13)12-9-18-19(10-12)15-3-1-2-14(17)8-15/h1-10H,17H2. The lowest BCUT2D eigenvalue weighted by Crippen LogP contribution is -1.95. The maximum atomic E-state index is 12.9. The van der Waals surface area contributed by atoms with E-state index in [0.29, 0.717) is 5.69 Å². The van der Waals surface area contributed by atoms with Crippen molar-refractivity contribution >= 4 is 5.69 Å². The molecule has 19 heavy (non-hydrogen) atoms. The lowest BCUT2D eigenvalue weighted by atomic mass is 10.1. The summed E-state index contributed by atoms with van der Waals surface area (Å²) >= 11 is 0. The van der Waals surface area contributed by atoms with Crippen molar-refractivity contribution in [3.8, 4) is 16.8 Å². The molecule has 0 aliphatic heterocycles. The Kier molecular flexibility index (Phi) is 2.76. The van der Waals surface area contributed by atoms with Crippen molar-refractivity contribution in [2.75, 3.05) is 5.73 Å². The van der Waals surface area contributed by atoms with Crippen LogP contribution in [0.1, 0.15) is 0 Å². The van der Waals surface area contributed by atoms with Gasteiger partial charge in [0.2, 0.25) is 0 Å². The quantitative estimate of drug-likeness (QED) is 0.712. The van der Waals surface area contributed by atoms with E-state index in [1.54, 1.807) is 23.0 Å². The second-order valence-electron chi connectivity index (χ2n) is 4.28. The molecule has 4 heteroatoms. The van der Waals surface area contributed by atoms with Crippen molar-refractivity contribution in [2.24, 2.45) is 0 Å². The molecule has 1 aromatic heterocycles. The SMILES string of the molecule is Nc1cccc(-n2cc(-c3ccc(F)cc3)cn2)c1. The molecule has 0 aliphatic rings. The number of nitrogens with two attached hydrogens (primary N) is 1. The molecule has 0 radical (unpaired) electrons. The summed E-state index contributed by atoms with van der Waals surface area (Å²) in [5.41, 5.74) is 9.20. The Labute approximate surface area is 110 Å². The number of hydrogen-bond acceptors (Lipinski definition) is 2. The average molecular weight is 253 g/mol. The number of nitrogen functional groups attached to an aromatic ring is 1. The first-order valence-electron chi connectivity index (χ1n) is 5.89. The van der Waals surface area contributed by atoms with E-state index in [2.05, 4.69) is 5.10 Å².